The Bertz CT molecular complexity index is 320. The van der Waals surface area contributed by atoms with Crippen molar-refractivity contribution in [2.45, 2.75) is 52.7 Å². The number of hydrogen-bond acceptors (Lipinski definition) is 2. The van der Waals surface area contributed by atoms with Gasteiger partial charge in [-0.2, -0.15) is 0 Å². The second kappa shape index (κ2) is 8.28. The Balaban J connectivity index is 2.61. The second-order valence-corrected chi connectivity index (χ2v) is 4.91. The van der Waals surface area contributed by atoms with Crippen molar-refractivity contribution in [1.29, 1.82) is 0 Å². The highest BCUT2D eigenvalue weighted by Crippen LogP contribution is 2.10. The first-order chi connectivity index (χ1) is 8.67. The molecule has 0 radical (unpaired) electrons. The summed E-state index contributed by atoms with van der Waals surface area (Å²) in [4.78, 5) is 0. The molecule has 0 spiro atoms. The molecule has 1 aromatic rings. The molecule has 1 rings (SSSR count). The normalized spacial score (nSPS) is 14.4. The third-order valence-electron chi connectivity index (χ3n) is 3.23. The van der Waals surface area contributed by atoms with E-state index in [1.807, 2.05) is 0 Å². The van der Waals surface area contributed by atoms with Crippen LogP contribution in [0.25, 0.3) is 0 Å². The van der Waals surface area contributed by atoms with Gasteiger partial charge in [-0.15, -0.1) is 0 Å². The summed E-state index contributed by atoms with van der Waals surface area (Å²) in [5, 5.41) is 3.59. The molecule has 0 fully saturated rings. The van der Waals surface area contributed by atoms with Gasteiger partial charge in [0.05, 0.1) is 6.10 Å². The van der Waals surface area contributed by atoms with Crippen LogP contribution in [0.5, 0.6) is 0 Å². The average molecular weight is 249 g/mol. The Hall–Kier alpha value is -0.860. The topological polar surface area (TPSA) is 21.3 Å². The van der Waals surface area contributed by atoms with Crippen LogP contribution in [0.1, 0.15) is 38.3 Å². The molecule has 18 heavy (non-hydrogen) atoms. The van der Waals surface area contributed by atoms with E-state index in [9.17, 15) is 0 Å². The Morgan fingerprint density at radius 3 is 2.39 bits per heavy atom. The molecule has 0 amide bonds. The highest BCUT2D eigenvalue weighted by atomic mass is 16.5. The molecule has 0 aromatic heterocycles. The van der Waals surface area contributed by atoms with Crippen molar-refractivity contribution in [2.24, 2.45) is 0 Å². The molecule has 2 nitrogen and oxygen atoms in total. The summed E-state index contributed by atoms with van der Waals surface area (Å²) < 4.78 is 5.73. The minimum absolute atomic E-state index is 0.253. The third kappa shape index (κ3) is 5.19. The van der Waals surface area contributed by atoms with Crippen LogP contribution in [0.2, 0.25) is 0 Å². The summed E-state index contributed by atoms with van der Waals surface area (Å²) in [5.41, 5.74) is 2.69. The van der Waals surface area contributed by atoms with E-state index in [0.717, 1.165) is 26.0 Å². The maximum absolute atomic E-state index is 5.73. The molecule has 0 saturated heterocycles. The quantitative estimate of drug-likeness (QED) is 0.763. The van der Waals surface area contributed by atoms with Gasteiger partial charge in [-0.3, -0.25) is 0 Å². The van der Waals surface area contributed by atoms with E-state index < -0.39 is 0 Å². The highest BCUT2D eigenvalue weighted by Gasteiger charge is 2.17. The average Bonchev–Trinajstić information content (AvgIpc) is 2.37. The van der Waals surface area contributed by atoms with Crippen LogP contribution in [0.4, 0.5) is 0 Å². The molecule has 0 aliphatic heterocycles. The Kier molecular flexibility index (Phi) is 6.99. The molecule has 2 unspecified atom stereocenters. The first-order valence-electron chi connectivity index (χ1n) is 7.07. The number of benzene rings is 1. The molecule has 0 saturated carbocycles. The summed E-state index contributed by atoms with van der Waals surface area (Å²) in [7, 11) is 0. The van der Waals surface area contributed by atoms with Gasteiger partial charge in [0.15, 0.2) is 0 Å². The Morgan fingerprint density at radius 2 is 1.83 bits per heavy atom. The molecule has 2 atom stereocenters. The van der Waals surface area contributed by atoms with E-state index in [4.69, 9.17) is 4.74 Å². The summed E-state index contributed by atoms with van der Waals surface area (Å²) in [6, 6.07) is 9.19. The first-order valence-corrected chi connectivity index (χ1v) is 7.07. The predicted molar refractivity (Wildman–Crippen MR) is 78.1 cm³/mol. The zero-order valence-electron chi connectivity index (χ0n) is 12.2. The van der Waals surface area contributed by atoms with Gasteiger partial charge < -0.3 is 10.1 Å². The van der Waals surface area contributed by atoms with E-state index >= 15 is 0 Å². The molecule has 2 heteroatoms. The summed E-state index contributed by atoms with van der Waals surface area (Å²) in [6.45, 7) is 10.4. The van der Waals surface area contributed by atoms with Crippen molar-refractivity contribution in [2.75, 3.05) is 13.2 Å². The zero-order chi connectivity index (χ0) is 13.4. The second-order valence-electron chi connectivity index (χ2n) is 4.91. The molecule has 0 bridgehead atoms. The minimum Gasteiger partial charge on any atom is -0.377 e. The van der Waals surface area contributed by atoms with Gasteiger partial charge in [-0.25, -0.2) is 0 Å². The molecule has 0 heterocycles. The van der Waals surface area contributed by atoms with Crippen molar-refractivity contribution < 1.29 is 4.74 Å². The van der Waals surface area contributed by atoms with Gasteiger partial charge in [0.25, 0.3) is 0 Å². The number of nitrogens with one attached hydrogen (secondary N) is 1. The van der Waals surface area contributed by atoms with Crippen LogP contribution in [-0.2, 0) is 11.2 Å². The molecule has 1 aromatic carbocycles. The minimum atomic E-state index is 0.253. The SMILES string of the molecule is CCCNC(Cc1ccc(C)cc1)C(C)OCC. The maximum atomic E-state index is 5.73. The summed E-state index contributed by atoms with van der Waals surface area (Å²) in [6.07, 6.45) is 2.44. The van der Waals surface area contributed by atoms with Crippen LogP contribution in [0.15, 0.2) is 24.3 Å². The van der Waals surface area contributed by atoms with Crippen molar-refractivity contribution in [3.8, 4) is 0 Å². The fourth-order valence-corrected chi connectivity index (χ4v) is 2.09. The Labute approximate surface area is 112 Å². The number of rotatable bonds is 8. The fraction of sp³-hybridized carbons (Fsp3) is 0.625. The number of hydrogen-bond donors (Lipinski definition) is 1. The van der Waals surface area contributed by atoms with Crippen molar-refractivity contribution >= 4 is 0 Å². The van der Waals surface area contributed by atoms with E-state index in [1.54, 1.807) is 0 Å². The summed E-state index contributed by atoms with van der Waals surface area (Å²) in [5.74, 6) is 0. The molecular formula is C16H27NO. The van der Waals surface area contributed by atoms with Crippen LogP contribution in [0, 0.1) is 6.92 Å². The molecule has 102 valence electrons. The Morgan fingerprint density at radius 1 is 1.17 bits per heavy atom. The number of ether oxygens (including phenoxy) is 1. The van der Waals surface area contributed by atoms with Crippen molar-refractivity contribution in [3.05, 3.63) is 35.4 Å². The highest BCUT2D eigenvalue weighted by molar-refractivity contribution is 5.22. The van der Waals surface area contributed by atoms with E-state index in [-0.39, 0.29) is 6.10 Å². The van der Waals surface area contributed by atoms with Crippen LogP contribution < -0.4 is 5.32 Å². The van der Waals surface area contributed by atoms with Gasteiger partial charge in [0.1, 0.15) is 0 Å². The van der Waals surface area contributed by atoms with Gasteiger partial charge >= 0.3 is 0 Å². The lowest BCUT2D eigenvalue weighted by Gasteiger charge is -2.25. The van der Waals surface area contributed by atoms with Gasteiger partial charge in [-0.1, -0.05) is 36.8 Å². The third-order valence-corrected chi connectivity index (χ3v) is 3.23. The molecule has 0 aliphatic carbocycles. The van der Waals surface area contributed by atoms with Crippen LogP contribution >= 0.6 is 0 Å². The maximum Gasteiger partial charge on any atom is 0.0703 e. The predicted octanol–water partition coefficient (Wildman–Crippen LogP) is 3.33. The molecule has 1 N–H and O–H groups in total. The van der Waals surface area contributed by atoms with E-state index in [0.29, 0.717) is 6.04 Å². The number of aryl methyl sites for hydroxylation is 1. The zero-order valence-corrected chi connectivity index (χ0v) is 12.2. The van der Waals surface area contributed by atoms with Crippen LogP contribution in [-0.4, -0.2) is 25.3 Å². The van der Waals surface area contributed by atoms with Crippen molar-refractivity contribution in [3.63, 3.8) is 0 Å². The van der Waals surface area contributed by atoms with Crippen molar-refractivity contribution in [1.82, 2.24) is 5.32 Å². The molecule has 0 aliphatic rings. The van der Waals surface area contributed by atoms with E-state index in [2.05, 4.69) is 57.3 Å². The standard InChI is InChI=1S/C16H27NO/c1-5-11-17-16(14(4)18-6-2)12-15-9-7-13(3)8-10-15/h7-10,14,16-17H,5-6,11-12H2,1-4H3. The van der Waals surface area contributed by atoms with E-state index in [1.165, 1.54) is 11.1 Å². The monoisotopic (exact) mass is 249 g/mol. The van der Waals surface area contributed by atoms with Gasteiger partial charge in [0.2, 0.25) is 0 Å². The molecular weight excluding hydrogens is 222 g/mol. The largest absolute Gasteiger partial charge is 0.377 e. The first kappa shape index (κ1) is 15.2. The lowest BCUT2D eigenvalue weighted by molar-refractivity contribution is 0.0476. The van der Waals surface area contributed by atoms with Crippen LogP contribution in [0.3, 0.4) is 0 Å². The van der Waals surface area contributed by atoms with Gasteiger partial charge in [-0.05, 0) is 45.7 Å². The smallest absolute Gasteiger partial charge is 0.0703 e. The van der Waals surface area contributed by atoms with Gasteiger partial charge in [0, 0.05) is 12.6 Å². The lowest BCUT2D eigenvalue weighted by atomic mass is 10.0. The fourth-order valence-electron chi connectivity index (χ4n) is 2.09. The summed E-state index contributed by atoms with van der Waals surface area (Å²) >= 11 is 0. The lowest BCUT2D eigenvalue weighted by Crippen LogP contribution is -2.41.